The van der Waals surface area contributed by atoms with Gasteiger partial charge in [-0.25, -0.2) is 4.79 Å². The first-order chi connectivity index (χ1) is 16.5. The number of carbonyl (C=O) groups excluding carboxylic acids is 2. The molecule has 3 amide bonds. The van der Waals surface area contributed by atoms with E-state index in [1.54, 1.807) is 0 Å². The highest BCUT2D eigenvalue weighted by atomic mass is 16.5. The third-order valence-electron chi connectivity index (χ3n) is 6.12. The van der Waals surface area contributed by atoms with E-state index in [0.29, 0.717) is 22.9 Å². The van der Waals surface area contributed by atoms with Crippen molar-refractivity contribution in [1.29, 1.82) is 0 Å². The molecule has 0 unspecified atom stereocenters. The van der Waals surface area contributed by atoms with Gasteiger partial charge in [-0.05, 0) is 22.6 Å². The number of nitrogens with one attached hydrogen (secondary N) is 1. The number of imide groups is 1. The Morgan fingerprint density at radius 1 is 0.882 bits per heavy atom. The second-order valence-electron chi connectivity index (χ2n) is 8.59. The lowest BCUT2D eigenvalue weighted by Crippen LogP contribution is -2.45. The minimum absolute atomic E-state index is 0.122. The van der Waals surface area contributed by atoms with Gasteiger partial charge < -0.3 is 9.84 Å². The van der Waals surface area contributed by atoms with E-state index in [4.69, 9.17) is 4.52 Å². The Bertz CT molecular complexity index is 1280. The van der Waals surface area contributed by atoms with Crippen LogP contribution in [0.25, 0.3) is 11.4 Å². The Hall–Kier alpha value is -4.26. The summed E-state index contributed by atoms with van der Waals surface area (Å²) in [6.45, 7) is 4.14. The number of amides is 3. The second-order valence-corrected chi connectivity index (χ2v) is 8.59. The molecule has 170 valence electrons. The van der Waals surface area contributed by atoms with Crippen LogP contribution in [0, 0.1) is 0 Å². The van der Waals surface area contributed by atoms with Gasteiger partial charge in [0.05, 0.1) is 0 Å². The van der Waals surface area contributed by atoms with E-state index in [2.05, 4.69) is 29.3 Å². The van der Waals surface area contributed by atoms with E-state index >= 15 is 0 Å². The van der Waals surface area contributed by atoms with Crippen molar-refractivity contribution in [3.63, 3.8) is 0 Å². The molecule has 0 aliphatic carbocycles. The molecule has 2 heterocycles. The molecule has 7 nitrogen and oxygen atoms in total. The van der Waals surface area contributed by atoms with Crippen molar-refractivity contribution in [2.45, 2.75) is 31.8 Å². The van der Waals surface area contributed by atoms with Gasteiger partial charge in [-0.1, -0.05) is 104 Å². The molecular weight excluding hydrogens is 428 g/mol. The summed E-state index contributed by atoms with van der Waals surface area (Å²) in [5.74, 6) is 0.623. The number of nitrogens with zero attached hydrogens (tertiary/aromatic N) is 3. The van der Waals surface area contributed by atoms with Gasteiger partial charge in [0.2, 0.25) is 11.7 Å². The maximum absolute atomic E-state index is 13.8. The molecule has 1 aromatic heterocycles. The molecule has 1 saturated heterocycles. The third kappa shape index (κ3) is 3.65. The summed E-state index contributed by atoms with van der Waals surface area (Å²) in [4.78, 5) is 32.4. The molecule has 0 saturated carbocycles. The topological polar surface area (TPSA) is 88.3 Å². The zero-order chi connectivity index (χ0) is 23.7. The lowest BCUT2D eigenvalue weighted by molar-refractivity contribution is -0.130. The van der Waals surface area contributed by atoms with Crippen molar-refractivity contribution < 1.29 is 14.1 Å². The van der Waals surface area contributed by atoms with Gasteiger partial charge in [-0.3, -0.25) is 9.69 Å². The fraction of sp³-hybridized carbons (Fsp3) is 0.185. The largest absolute Gasteiger partial charge is 0.337 e. The molecule has 0 radical (unpaired) electrons. The summed E-state index contributed by atoms with van der Waals surface area (Å²) in [5.41, 5.74) is 2.05. The van der Waals surface area contributed by atoms with Gasteiger partial charge in [0.1, 0.15) is 6.54 Å². The standard InChI is InChI=1S/C27H24N4O3/c1-18(2)19-13-15-20(16-14-19)24-28-23(34-30-24)17-31-25(32)27(29-26(31)33,21-9-5-3-6-10-21)22-11-7-4-8-12-22/h3-16,18H,17H2,1-2H3,(H,29,33). The molecular formula is C27H24N4O3. The van der Waals surface area contributed by atoms with E-state index < -0.39 is 17.5 Å². The zero-order valence-corrected chi connectivity index (χ0v) is 18.9. The van der Waals surface area contributed by atoms with E-state index in [-0.39, 0.29) is 12.4 Å². The van der Waals surface area contributed by atoms with Crippen LogP contribution in [0.2, 0.25) is 0 Å². The monoisotopic (exact) mass is 452 g/mol. The lowest BCUT2D eigenvalue weighted by atomic mass is 9.82. The number of benzene rings is 3. The number of hydrogen-bond donors (Lipinski definition) is 1. The normalized spacial score (nSPS) is 15.1. The van der Waals surface area contributed by atoms with Crippen molar-refractivity contribution in [2.24, 2.45) is 0 Å². The first-order valence-electron chi connectivity index (χ1n) is 11.2. The third-order valence-corrected chi connectivity index (χ3v) is 6.12. The average molecular weight is 453 g/mol. The van der Waals surface area contributed by atoms with Crippen LogP contribution in [-0.4, -0.2) is 27.0 Å². The van der Waals surface area contributed by atoms with Crippen LogP contribution in [0.3, 0.4) is 0 Å². The maximum Gasteiger partial charge on any atom is 0.326 e. The van der Waals surface area contributed by atoms with Gasteiger partial charge in [0.15, 0.2) is 5.54 Å². The van der Waals surface area contributed by atoms with E-state index in [0.717, 1.165) is 10.5 Å². The van der Waals surface area contributed by atoms with Crippen LogP contribution in [0.15, 0.2) is 89.5 Å². The Morgan fingerprint density at radius 2 is 1.47 bits per heavy atom. The number of hydrogen-bond acceptors (Lipinski definition) is 5. The van der Waals surface area contributed by atoms with Gasteiger partial charge in [-0.15, -0.1) is 0 Å². The summed E-state index contributed by atoms with van der Waals surface area (Å²) >= 11 is 0. The molecule has 0 spiro atoms. The molecule has 4 aromatic rings. The second kappa shape index (κ2) is 8.59. The van der Waals surface area contributed by atoms with Crippen LogP contribution in [-0.2, 0) is 16.9 Å². The quantitative estimate of drug-likeness (QED) is 0.422. The summed E-state index contributed by atoms with van der Waals surface area (Å²) in [5, 5.41) is 6.97. The van der Waals surface area contributed by atoms with E-state index in [9.17, 15) is 9.59 Å². The lowest BCUT2D eigenvalue weighted by Gasteiger charge is -2.27. The summed E-state index contributed by atoms with van der Waals surface area (Å²) < 4.78 is 5.40. The molecule has 3 aromatic carbocycles. The van der Waals surface area contributed by atoms with Crippen LogP contribution in [0.4, 0.5) is 4.79 Å². The predicted molar refractivity (Wildman–Crippen MR) is 127 cm³/mol. The SMILES string of the molecule is CC(C)c1ccc(-c2noc(CN3C(=O)NC(c4ccccc4)(c4ccccc4)C3=O)n2)cc1. The smallest absolute Gasteiger partial charge is 0.326 e. The Labute approximate surface area is 197 Å². The van der Waals surface area contributed by atoms with Crippen LogP contribution < -0.4 is 5.32 Å². The molecule has 7 heteroatoms. The van der Waals surface area contributed by atoms with Crippen LogP contribution in [0.5, 0.6) is 0 Å². The Balaban J connectivity index is 1.45. The average Bonchev–Trinajstić information content (AvgIpc) is 3.44. The van der Waals surface area contributed by atoms with Gasteiger partial charge in [0.25, 0.3) is 5.91 Å². The Kier molecular flexibility index (Phi) is 5.45. The van der Waals surface area contributed by atoms with Gasteiger partial charge in [0, 0.05) is 5.56 Å². The first kappa shape index (κ1) is 21.6. The number of rotatable bonds is 6. The van der Waals surface area contributed by atoms with Crippen molar-refractivity contribution in [3.05, 3.63) is 108 Å². The van der Waals surface area contributed by atoms with Crippen molar-refractivity contribution in [2.75, 3.05) is 0 Å². The number of urea groups is 1. The molecule has 1 fully saturated rings. The molecule has 5 rings (SSSR count). The minimum atomic E-state index is -1.32. The maximum atomic E-state index is 13.8. The Morgan fingerprint density at radius 3 is 2.03 bits per heavy atom. The summed E-state index contributed by atoms with van der Waals surface area (Å²) in [7, 11) is 0. The van der Waals surface area contributed by atoms with E-state index in [1.165, 1.54) is 5.56 Å². The summed E-state index contributed by atoms with van der Waals surface area (Å²) in [6, 6.07) is 25.9. The predicted octanol–water partition coefficient (Wildman–Crippen LogP) is 4.86. The first-order valence-corrected chi connectivity index (χ1v) is 11.2. The number of carbonyl (C=O) groups is 2. The molecule has 1 N–H and O–H groups in total. The highest BCUT2D eigenvalue weighted by Crippen LogP contribution is 2.36. The molecule has 1 aliphatic rings. The fourth-order valence-corrected chi connectivity index (χ4v) is 4.24. The molecule has 34 heavy (non-hydrogen) atoms. The van der Waals surface area contributed by atoms with Crippen LogP contribution in [0.1, 0.15) is 42.3 Å². The minimum Gasteiger partial charge on any atom is -0.337 e. The van der Waals surface area contributed by atoms with Crippen molar-refractivity contribution >= 4 is 11.9 Å². The zero-order valence-electron chi connectivity index (χ0n) is 18.9. The highest BCUT2D eigenvalue weighted by molar-refractivity contribution is 6.09. The van der Waals surface area contributed by atoms with E-state index in [1.807, 2.05) is 84.9 Å². The molecule has 0 bridgehead atoms. The molecule has 1 aliphatic heterocycles. The van der Waals surface area contributed by atoms with Gasteiger partial charge in [-0.2, -0.15) is 4.98 Å². The fourth-order valence-electron chi connectivity index (χ4n) is 4.24. The summed E-state index contributed by atoms with van der Waals surface area (Å²) in [6.07, 6.45) is 0. The number of aromatic nitrogens is 2. The van der Waals surface area contributed by atoms with Crippen molar-refractivity contribution in [1.82, 2.24) is 20.4 Å². The highest BCUT2D eigenvalue weighted by Gasteiger charge is 2.54. The van der Waals surface area contributed by atoms with Crippen molar-refractivity contribution in [3.8, 4) is 11.4 Å². The van der Waals surface area contributed by atoms with Crippen LogP contribution >= 0.6 is 0 Å². The molecule has 0 atom stereocenters. The van der Waals surface area contributed by atoms with Gasteiger partial charge >= 0.3 is 6.03 Å².